The van der Waals surface area contributed by atoms with Gasteiger partial charge in [-0.2, -0.15) is 5.10 Å². The van der Waals surface area contributed by atoms with Crippen LogP contribution in [-0.4, -0.2) is 38.5 Å². The van der Waals surface area contributed by atoms with Crippen molar-refractivity contribution in [2.45, 2.75) is 25.5 Å². The van der Waals surface area contributed by atoms with E-state index in [4.69, 9.17) is 9.26 Å². The van der Waals surface area contributed by atoms with Crippen LogP contribution < -0.4 is 5.32 Å². The summed E-state index contributed by atoms with van der Waals surface area (Å²) < 4.78 is 12.6. The quantitative estimate of drug-likeness (QED) is 0.784. The Kier molecular flexibility index (Phi) is 3.53. The lowest BCUT2D eigenvalue weighted by molar-refractivity contribution is 0.0792. The topological polar surface area (TPSA) is 95.1 Å². The van der Waals surface area contributed by atoms with Gasteiger partial charge in [-0.05, 0) is 25.5 Å². The molecule has 0 unspecified atom stereocenters. The van der Waals surface area contributed by atoms with E-state index in [1.807, 2.05) is 20.0 Å². The van der Waals surface area contributed by atoms with Crippen molar-refractivity contribution in [3.8, 4) is 0 Å². The van der Waals surface area contributed by atoms with Crippen molar-refractivity contribution in [3.05, 3.63) is 41.5 Å². The van der Waals surface area contributed by atoms with Crippen LogP contribution in [0.15, 0.2) is 29.0 Å². The fraction of sp³-hybridized carbons (Fsp3) is 0.375. The van der Waals surface area contributed by atoms with Gasteiger partial charge in [-0.1, -0.05) is 5.16 Å². The van der Waals surface area contributed by atoms with Gasteiger partial charge in [0.15, 0.2) is 0 Å². The average Bonchev–Trinajstić information content (AvgIpc) is 3.28. The molecule has 0 spiro atoms. The molecule has 1 N–H and O–H groups in total. The third kappa shape index (κ3) is 2.44. The van der Waals surface area contributed by atoms with Crippen molar-refractivity contribution in [1.29, 1.82) is 0 Å². The summed E-state index contributed by atoms with van der Waals surface area (Å²) in [4.78, 5) is 16.7. The summed E-state index contributed by atoms with van der Waals surface area (Å²) in [5.41, 5.74) is 2.57. The molecule has 0 aromatic carbocycles. The summed E-state index contributed by atoms with van der Waals surface area (Å²) in [5.74, 6) is -0.187. The second kappa shape index (κ2) is 5.72. The fourth-order valence-electron chi connectivity index (χ4n) is 3.01. The maximum absolute atomic E-state index is 12.6. The van der Waals surface area contributed by atoms with Crippen molar-refractivity contribution >= 4 is 17.0 Å². The van der Waals surface area contributed by atoms with Crippen LogP contribution in [0.5, 0.6) is 0 Å². The highest BCUT2D eigenvalue weighted by molar-refractivity contribution is 5.97. The lowest BCUT2D eigenvalue weighted by atomic mass is 10.1. The largest absolute Gasteiger partial charge is 0.370 e. The van der Waals surface area contributed by atoms with Crippen LogP contribution in [0.3, 0.4) is 0 Å². The second-order valence-corrected chi connectivity index (χ2v) is 5.88. The number of carbonyl (C=O) groups is 1. The molecule has 8 nitrogen and oxygen atoms in total. The molecule has 0 saturated carbocycles. The number of nitrogens with zero attached hydrogens (tertiary/aromatic N) is 4. The van der Waals surface area contributed by atoms with E-state index in [9.17, 15) is 4.79 Å². The minimum atomic E-state index is -0.199. The summed E-state index contributed by atoms with van der Waals surface area (Å²) in [7, 11) is 1.86. The van der Waals surface area contributed by atoms with E-state index in [1.54, 1.807) is 16.9 Å². The Morgan fingerprint density at radius 3 is 3.12 bits per heavy atom. The molecular weight excluding hydrogens is 310 g/mol. The number of hydrogen-bond donors (Lipinski definition) is 1. The summed E-state index contributed by atoms with van der Waals surface area (Å²) in [5, 5.41) is 11.8. The first-order valence-electron chi connectivity index (χ1n) is 7.76. The van der Waals surface area contributed by atoms with E-state index in [0.717, 1.165) is 17.5 Å². The maximum atomic E-state index is 12.6. The molecule has 3 aromatic rings. The Hall–Kier alpha value is -2.74. The first-order chi connectivity index (χ1) is 11.6. The van der Waals surface area contributed by atoms with E-state index in [2.05, 4.69) is 20.6 Å². The number of pyridine rings is 1. The Labute approximate surface area is 137 Å². The third-order valence-corrected chi connectivity index (χ3v) is 4.33. The molecule has 1 saturated heterocycles. The predicted molar refractivity (Wildman–Crippen MR) is 84.3 cm³/mol. The number of amides is 1. The smallest absolute Gasteiger partial charge is 0.257 e. The van der Waals surface area contributed by atoms with Crippen molar-refractivity contribution in [2.75, 3.05) is 6.61 Å². The Balaban J connectivity index is 1.56. The number of hydrogen-bond acceptors (Lipinski definition) is 6. The number of aromatic nitrogens is 4. The molecule has 2 atom stereocenters. The van der Waals surface area contributed by atoms with Crippen LogP contribution in [0.1, 0.15) is 34.3 Å². The van der Waals surface area contributed by atoms with Gasteiger partial charge in [-0.15, -0.1) is 0 Å². The monoisotopic (exact) mass is 327 g/mol. The van der Waals surface area contributed by atoms with Crippen LogP contribution in [-0.2, 0) is 11.8 Å². The van der Waals surface area contributed by atoms with E-state index in [-0.39, 0.29) is 18.1 Å². The first kappa shape index (κ1) is 14.8. The number of nitrogens with one attached hydrogen (secondary N) is 1. The van der Waals surface area contributed by atoms with Crippen LogP contribution in [0.4, 0.5) is 0 Å². The molecular formula is C16H17N5O3. The Morgan fingerprint density at radius 2 is 2.33 bits per heavy atom. The molecule has 1 amide bonds. The van der Waals surface area contributed by atoms with Gasteiger partial charge in [-0.25, -0.2) is 4.98 Å². The predicted octanol–water partition coefficient (Wildman–Crippen LogP) is 1.52. The van der Waals surface area contributed by atoms with Gasteiger partial charge >= 0.3 is 0 Å². The van der Waals surface area contributed by atoms with E-state index in [0.29, 0.717) is 23.6 Å². The molecule has 1 aliphatic heterocycles. The molecule has 3 aromatic heterocycles. The van der Waals surface area contributed by atoms with Crippen LogP contribution in [0.2, 0.25) is 0 Å². The Bertz CT molecular complexity index is 900. The SMILES string of the molecule is Cc1noc2ncc(C(=O)N[C@H]3CCO[C@@H]3c3ccnn3C)cc12. The zero-order chi connectivity index (χ0) is 16.7. The van der Waals surface area contributed by atoms with Gasteiger partial charge < -0.3 is 14.6 Å². The minimum absolute atomic E-state index is 0.104. The van der Waals surface area contributed by atoms with Gasteiger partial charge in [0.05, 0.1) is 28.4 Å². The summed E-state index contributed by atoms with van der Waals surface area (Å²) >= 11 is 0. The van der Waals surface area contributed by atoms with Gasteiger partial charge in [0.1, 0.15) is 6.10 Å². The van der Waals surface area contributed by atoms with Crippen molar-refractivity contribution in [1.82, 2.24) is 25.2 Å². The van der Waals surface area contributed by atoms with Crippen LogP contribution in [0.25, 0.3) is 11.1 Å². The zero-order valence-corrected chi connectivity index (χ0v) is 13.4. The van der Waals surface area contributed by atoms with Crippen LogP contribution >= 0.6 is 0 Å². The van der Waals surface area contributed by atoms with Crippen LogP contribution in [0, 0.1) is 6.92 Å². The molecule has 124 valence electrons. The first-order valence-corrected chi connectivity index (χ1v) is 7.76. The summed E-state index contributed by atoms with van der Waals surface area (Å²) in [6.45, 7) is 2.42. The summed E-state index contributed by atoms with van der Waals surface area (Å²) in [6, 6.07) is 3.55. The van der Waals surface area contributed by atoms with Gasteiger partial charge in [0.2, 0.25) is 0 Å². The number of aryl methyl sites for hydroxylation is 2. The van der Waals surface area contributed by atoms with Crippen molar-refractivity contribution < 1.29 is 14.1 Å². The number of ether oxygens (including phenoxy) is 1. The number of fused-ring (bicyclic) bond motifs is 1. The van der Waals surface area contributed by atoms with Crippen molar-refractivity contribution in [2.24, 2.45) is 7.05 Å². The van der Waals surface area contributed by atoms with E-state index < -0.39 is 0 Å². The number of rotatable bonds is 3. The molecule has 4 rings (SSSR count). The van der Waals surface area contributed by atoms with Crippen molar-refractivity contribution in [3.63, 3.8) is 0 Å². The zero-order valence-electron chi connectivity index (χ0n) is 13.4. The number of carbonyl (C=O) groups excluding carboxylic acids is 1. The second-order valence-electron chi connectivity index (χ2n) is 5.88. The molecule has 8 heteroatoms. The highest BCUT2D eigenvalue weighted by Gasteiger charge is 2.33. The molecule has 0 radical (unpaired) electrons. The highest BCUT2D eigenvalue weighted by Crippen LogP contribution is 2.29. The lowest BCUT2D eigenvalue weighted by Crippen LogP contribution is -2.37. The maximum Gasteiger partial charge on any atom is 0.257 e. The molecule has 4 heterocycles. The molecule has 0 aliphatic carbocycles. The normalized spacial score (nSPS) is 20.6. The van der Waals surface area contributed by atoms with Gasteiger partial charge in [0, 0.05) is 26.0 Å². The molecule has 24 heavy (non-hydrogen) atoms. The van der Waals surface area contributed by atoms with Gasteiger partial charge in [0.25, 0.3) is 11.6 Å². The fourth-order valence-corrected chi connectivity index (χ4v) is 3.01. The third-order valence-electron chi connectivity index (χ3n) is 4.33. The van der Waals surface area contributed by atoms with E-state index >= 15 is 0 Å². The molecule has 0 bridgehead atoms. The molecule has 1 fully saturated rings. The standard InChI is InChI=1S/C16H17N5O3/c1-9-11-7-10(8-17-16(11)24-20-9)15(22)19-12-4-6-23-14(12)13-3-5-18-21(13)2/h3,5,7-8,12,14H,4,6H2,1-2H3,(H,19,22)/t12-,14-/m0/s1. The molecule has 1 aliphatic rings. The lowest BCUT2D eigenvalue weighted by Gasteiger charge is -2.20. The minimum Gasteiger partial charge on any atom is -0.370 e. The summed E-state index contributed by atoms with van der Waals surface area (Å²) in [6.07, 6.45) is 3.78. The van der Waals surface area contributed by atoms with Gasteiger partial charge in [-0.3, -0.25) is 9.48 Å². The van der Waals surface area contributed by atoms with E-state index in [1.165, 1.54) is 6.20 Å². The highest BCUT2D eigenvalue weighted by atomic mass is 16.5. The average molecular weight is 327 g/mol. The Morgan fingerprint density at radius 1 is 1.46 bits per heavy atom.